The second kappa shape index (κ2) is 9.24. The first-order valence-electron chi connectivity index (χ1n) is 11.0. The SMILES string of the molecule is O=C(c1ccc(Oc2ccccc2)cc1)N1CCN(C(=O)C2COc3ccccc3O2)CC1. The molecule has 1 unspecified atom stereocenters. The molecule has 0 spiro atoms. The summed E-state index contributed by atoms with van der Waals surface area (Å²) in [5.41, 5.74) is 0.593. The lowest BCUT2D eigenvalue weighted by molar-refractivity contribution is -0.142. The second-order valence-electron chi connectivity index (χ2n) is 7.92. The molecule has 2 amide bonds. The van der Waals surface area contributed by atoms with Gasteiger partial charge in [0.1, 0.15) is 18.1 Å². The van der Waals surface area contributed by atoms with E-state index in [1.807, 2.05) is 48.5 Å². The van der Waals surface area contributed by atoms with Crippen molar-refractivity contribution >= 4 is 11.8 Å². The topological polar surface area (TPSA) is 68.3 Å². The first-order valence-corrected chi connectivity index (χ1v) is 11.0. The molecule has 7 nitrogen and oxygen atoms in total. The number of hydrogen-bond acceptors (Lipinski definition) is 5. The van der Waals surface area contributed by atoms with Crippen LogP contribution in [0.1, 0.15) is 10.4 Å². The molecule has 3 aromatic rings. The van der Waals surface area contributed by atoms with Crippen molar-refractivity contribution in [3.63, 3.8) is 0 Å². The summed E-state index contributed by atoms with van der Waals surface area (Å²) in [5.74, 6) is 2.48. The Balaban J connectivity index is 1.15. The van der Waals surface area contributed by atoms with Gasteiger partial charge in [-0.1, -0.05) is 30.3 Å². The van der Waals surface area contributed by atoms with Gasteiger partial charge in [0, 0.05) is 31.7 Å². The van der Waals surface area contributed by atoms with Crippen molar-refractivity contribution in [1.29, 1.82) is 0 Å². The summed E-state index contributed by atoms with van der Waals surface area (Å²) in [7, 11) is 0. The van der Waals surface area contributed by atoms with Gasteiger partial charge in [0.05, 0.1) is 0 Å². The molecule has 0 N–H and O–H groups in total. The van der Waals surface area contributed by atoms with E-state index in [0.717, 1.165) is 5.75 Å². The lowest BCUT2D eigenvalue weighted by Crippen LogP contribution is -2.55. The molecule has 1 fully saturated rings. The maximum atomic E-state index is 12.9. The van der Waals surface area contributed by atoms with Crippen LogP contribution in [0.15, 0.2) is 78.9 Å². The Morgan fingerprint density at radius 1 is 0.727 bits per heavy atom. The summed E-state index contributed by atoms with van der Waals surface area (Å²) in [6.45, 7) is 2.04. The first-order chi connectivity index (χ1) is 16.2. The zero-order valence-electron chi connectivity index (χ0n) is 18.1. The predicted molar refractivity (Wildman–Crippen MR) is 122 cm³/mol. The van der Waals surface area contributed by atoms with Crippen molar-refractivity contribution in [2.24, 2.45) is 0 Å². The van der Waals surface area contributed by atoms with Crippen LogP contribution >= 0.6 is 0 Å². The number of para-hydroxylation sites is 3. The smallest absolute Gasteiger partial charge is 0.267 e. The van der Waals surface area contributed by atoms with Crippen LogP contribution in [-0.4, -0.2) is 60.5 Å². The number of amides is 2. The lowest BCUT2D eigenvalue weighted by atomic mass is 10.1. The molecule has 1 atom stereocenters. The molecule has 0 aliphatic carbocycles. The number of hydrogen-bond donors (Lipinski definition) is 0. The zero-order chi connectivity index (χ0) is 22.6. The van der Waals surface area contributed by atoms with Crippen LogP contribution in [0.25, 0.3) is 0 Å². The van der Waals surface area contributed by atoms with Gasteiger partial charge >= 0.3 is 0 Å². The van der Waals surface area contributed by atoms with Crippen LogP contribution < -0.4 is 14.2 Å². The molecule has 2 heterocycles. The normalized spacial score (nSPS) is 17.4. The van der Waals surface area contributed by atoms with Gasteiger partial charge in [0.15, 0.2) is 11.5 Å². The second-order valence-corrected chi connectivity index (χ2v) is 7.92. The van der Waals surface area contributed by atoms with Gasteiger partial charge in [-0.25, -0.2) is 0 Å². The highest BCUT2D eigenvalue weighted by Gasteiger charge is 2.33. The van der Waals surface area contributed by atoms with E-state index < -0.39 is 6.10 Å². The largest absolute Gasteiger partial charge is 0.485 e. The van der Waals surface area contributed by atoms with Crippen molar-refractivity contribution in [2.75, 3.05) is 32.8 Å². The van der Waals surface area contributed by atoms with Crippen molar-refractivity contribution < 1.29 is 23.8 Å². The van der Waals surface area contributed by atoms with Gasteiger partial charge in [-0.2, -0.15) is 0 Å². The number of carbonyl (C=O) groups is 2. The molecule has 168 valence electrons. The van der Waals surface area contributed by atoms with Crippen LogP contribution in [0.3, 0.4) is 0 Å². The molecule has 0 radical (unpaired) electrons. The number of piperazine rings is 1. The Morgan fingerprint density at radius 2 is 1.33 bits per heavy atom. The molecular formula is C26H24N2O5. The van der Waals surface area contributed by atoms with E-state index in [1.165, 1.54) is 0 Å². The molecule has 0 saturated carbocycles. The Hall–Kier alpha value is -4.00. The van der Waals surface area contributed by atoms with E-state index in [9.17, 15) is 9.59 Å². The maximum Gasteiger partial charge on any atom is 0.267 e. The number of ether oxygens (including phenoxy) is 3. The maximum absolute atomic E-state index is 12.9. The van der Waals surface area contributed by atoms with Gasteiger partial charge in [-0.05, 0) is 48.5 Å². The van der Waals surface area contributed by atoms with Gasteiger partial charge in [-0.15, -0.1) is 0 Å². The van der Waals surface area contributed by atoms with Gasteiger partial charge in [0.25, 0.3) is 11.8 Å². The Bertz CT molecular complexity index is 1120. The minimum atomic E-state index is -0.667. The number of nitrogens with zero attached hydrogens (tertiary/aromatic N) is 2. The molecule has 0 bridgehead atoms. The monoisotopic (exact) mass is 444 g/mol. The molecular weight excluding hydrogens is 420 g/mol. The third-order valence-corrected chi connectivity index (χ3v) is 5.74. The number of rotatable bonds is 4. The molecule has 1 saturated heterocycles. The van der Waals surface area contributed by atoms with Gasteiger partial charge < -0.3 is 24.0 Å². The first kappa shape index (κ1) is 20.9. The summed E-state index contributed by atoms with van der Waals surface area (Å²) >= 11 is 0. The summed E-state index contributed by atoms with van der Waals surface area (Å²) in [6.07, 6.45) is -0.667. The molecule has 7 heteroatoms. The molecule has 3 aromatic carbocycles. The zero-order valence-corrected chi connectivity index (χ0v) is 18.1. The highest BCUT2D eigenvalue weighted by Crippen LogP contribution is 2.31. The van der Waals surface area contributed by atoms with E-state index in [4.69, 9.17) is 14.2 Å². The number of benzene rings is 3. The fourth-order valence-electron chi connectivity index (χ4n) is 3.95. The molecule has 5 rings (SSSR count). The minimum absolute atomic E-state index is 0.0560. The fourth-order valence-corrected chi connectivity index (χ4v) is 3.95. The van der Waals surface area contributed by atoms with Crippen LogP contribution in [-0.2, 0) is 4.79 Å². The molecule has 33 heavy (non-hydrogen) atoms. The molecule has 2 aliphatic rings. The van der Waals surface area contributed by atoms with Gasteiger partial charge in [0.2, 0.25) is 6.10 Å². The third-order valence-electron chi connectivity index (χ3n) is 5.74. The van der Waals surface area contributed by atoms with Crippen molar-refractivity contribution in [3.8, 4) is 23.0 Å². The highest BCUT2D eigenvalue weighted by molar-refractivity contribution is 5.94. The van der Waals surface area contributed by atoms with Crippen LogP contribution in [0, 0.1) is 0 Å². The predicted octanol–water partition coefficient (Wildman–Crippen LogP) is 3.60. The molecule has 0 aromatic heterocycles. The van der Waals surface area contributed by atoms with Crippen molar-refractivity contribution in [1.82, 2.24) is 9.80 Å². The van der Waals surface area contributed by atoms with E-state index in [2.05, 4.69) is 0 Å². The number of carbonyl (C=O) groups excluding carboxylic acids is 2. The van der Waals surface area contributed by atoms with Crippen molar-refractivity contribution in [3.05, 3.63) is 84.4 Å². The Kier molecular flexibility index (Phi) is 5.85. The summed E-state index contributed by atoms with van der Waals surface area (Å²) in [4.78, 5) is 29.3. The van der Waals surface area contributed by atoms with E-state index in [-0.39, 0.29) is 18.4 Å². The lowest BCUT2D eigenvalue weighted by Gasteiger charge is -2.37. The van der Waals surface area contributed by atoms with Crippen LogP contribution in [0.4, 0.5) is 0 Å². The molecule has 2 aliphatic heterocycles. The average Bonchev–Trinajstić information content (AvgIpc) is 2.89. The Morgan fingerprint density at radius 3 is 2.06 bits per heavy atom. The van der Waals surface area contributed by atoms with E-state index in [0.29, 0.717) is 49.0 Å². The Labute approximate surface area is 192 Å². The van der Waals surface area contributed by atoms with Crippen LogP contribution in [0.5, 0.6) is 23.0 Å². The third kappa shape index (κ3) is 4.62. The highest BCUT2D eigenvalue weighted by atomic mass is 16.6. The minimum Gasteiger partial charge on any atom is -0.485 e. The standard InChI is InChI=1S/C26H24N2O5/c29-25(19-10-12-21(13-11-19)32-20-6-2-1-3-7-20)27-14-16-28(17-15-27)26(30)24-18-31-22-8-4-5-9-23(22)33-24/h1-13,24H,14-18H2. The number of fused-ring (bicyclic) bond motifs is 1. The average molecular weight is 444 g/mol. The van der Waals surface area contributed by atoms with Crippen LogP contribution in [0.2, 0.25) is 0 Å². The fraction of sp³-hybridized carbons (Fsp3) is 0.231. The summed E-state index contributed by atoms with van der Waals surface area (Å²) < 4.78 is 17.3. The van der Waals surface area contributed by atoms with Crippen molar-refractivity contribution in [2.45, 2.75) is 6.10 Å². The summed E-state index contributed by atoms with van der Waals surface area (Å²) in [5, 5.41) is 0. The summed E-state index contributed by atoms with van der Waals surface area (Å²) in [6, 6.07) is 23.9. The van der Waals surface area contributed by atoms with E-state index in [1.54, 1.807) is 40.1 Å². The van der Waals surface area contributed by atoms with E-state index >= 15 is 0 Å². The quantitative estimate of drug-likeness (QED) is 0.615. The van der Waals surface area contributed by atoms with Gasteiger partial charge in [-0.3, -0.25) is 9.59 Å².